The SMILES string of the molecule is O=C1c2ccccc2C(=O)c2c(O)ccc(O)c21.[PbH2]. The molecule has 0 bridgehead atoms. The maximum absolute atomic E-state index is 12.2. The summed E-state index contributed by atoms with van der Waals surface area (Å²) in [6.45, 7) is 0. The summed E-state index contributed by atoms with van der Waals surface area (Å²) < 4.78 is 0. The first kappa shape index (κ1) is 13.7. The molecular formula is C14H10O4Pb. The predicted molar refractivity (Wildman–Crippen MR) is 71.6 cm³/mol. The second-order valence-corrected chi connectivity index (χ2v) is 4.06. The zero-order valence-electron chi connectivity index (χ0n) is 9.88. The molecule has 0 aliphatic heterocycles. The quantitative estimate of drug-likeness (QED) is 0.396. The van der Waals surface area contributed by atoms with E-state index in [0.717, 1.165) is 0 Å². The number of phenols is 2. The van der Waals surface area contributed by atoms with Crippen molar-refractivity contribution in [2.24, 2.45) is 0 Å². The first-order chi connectivity index (χ1) is 8.61. The van der Waals surface area contributed by atoms with Gasteiger partial charge in [0.15, 0.2) is 11.6 Å². The number of rotatable bonds is 0. The standard InChI is InChI=1S/C14H8O4.Pb.2H/c15-9-5-6-10(16)12-11(9)13(17)7-3-1-2-4-8(7)14(12)18;;;/h1-6,15-16H;;;. The number of benzene rings is 2. The number of hydrogen-bond donors (Lipinski definition) is 2. The van der Waals surface area contributed by atoms with Crippen LogP contribution in [0.25, 0.3) is 0 Å². The Morgan fingerprint density at radius 1 is 0.684 bits per heavy atom. The van der Waals surface area contributed by atoms with Crippen LogP contribution in [0.4, 0.5) is 0 Å². The second kappa shape index (κ2) is 4.77. The fraction of sp³-hybridized carbons (Fsp3) is 0. The van der Waals surface area contributed by atoms with E-state index in [4.69, 9.17) is 0 Å². The van der Waals surface area contributed by atoms with Crippen molar-refractivity contribution in [3.63, 3.8) is 0 Å². The monoisotopic (exact) mass is 450 g/mol. The minimum atomic E-state index is -0.450. The number of carbonyl (C=O) groups is 2. The molecule has 0 unspecified atom stereocenters. The van der Waals surface area contributed by atoms with Crippen LogP contribution in [0.15, 0.2) is 36.4 Å². The summed E-state index contributed by atoms with van der Waals surface area (Å²) in [6, 6.07) is 8.76. The van der Waals surface area contributed by atoms with Gasteiger partial charge >= 0.3 is 27.3 Å². The van der Waals surface area contributed by atoms with Crippen LogP contribution in [0, 0.1) is 0 Å². The zero-order chi connectivity index (χ0) is 12.9. The summed E-state index contributed by atoms with van der Waals surface area (Å²) >= 11 is 0. The Labute approximate surface area is 128 Å². The van der Waals surface area contributed by atoms with E-state index in [9.17, 15) is 19.8 Å². The molecule has 0 heterocycles. The molecule has 19 heavy (non-hydrogen) atoms. The Hall–Kier alpha value is -1.70. The molecule has 1 aliphatic carbocycles. The Bertz CT molecular complexity index is 647. The third-order valence-corrected chi connectivity index (χ3v) is 3.03. The van der Waals surface area contributed by atoms with E-state index < -0.39 is 11.6 Å². The van der Waals surface area contributed by atoms with Crippen LogP contribution in [0.3, 0.4) is 0 Å². The van der Waals surface area contributed by atoms with E-state index in [-0.39, 0.29) is 61.1 Å². The number of aromatic hydroxyl groups is 2. The number of ketones is 2. The molecule has 94 valence electrons. The van der Waals surface area contributed by atoms with Crippen molar-refractivity contribution in [2.45, 2.75) is 0 Å². The molecule has 0 spiro atoms. The van der Waals surface area contributed by atoms with Crippen molar-refractivity contribution in [2.75, 3.05) is 0 Å². The summed E-state index contributed by atoms with van der Waals surface area (Å²) in [6.07, 6.45) is 0. The third-order valence-electron chi connectivity index (χ3n) is 3.03. The zero-order valence-corrected chi connectivity index (χ0v) is 15.4. The van der Waals surface area contributed by atoms with Crippen molar-refractivity contribution in [1.29, 1.82) is 0 Å². The molecule has 5 heteroatoms. The van der Waals surface area contributed by atoms with Crippen LogP contribution < -0.4 is 0 Å². The van der Waals surface area contributed by atoms with Gasteiger partial charge in [0.25, 0.3) is 0 Å². The molecule has 4 nitrogen and oxygen atoms in total. The van der Waals surface area contributed by atoms with Crippen LogP contribution in [-0.2, 0) is 0 Å². The average molecular weight is 449 g/mol. The van der Waals surface area contributed by atoms with Crippen molar-refractivity contribution < 1.29 is 19.8 Å². The van der Waals surface area contributed by atoms with E-state index in [1.807, 2.05) is 0 Å². The molecule has 2 N–H and O–H groups in total. The first-order valence-corrected chi connectivity index (χ1v) is 5.34. The van der Waals surface area contributed by atoms with Gasteiger partial charge in [-0.1, -0.05) is 24.3 Å². The van der Waals surface area contributed by atoms with Gasteiger partial charge < -0.3 is 10.2 Å². The molecule has 3 rings (SSSR count). The van der Waals surface area contributed by atoms with E-state index >= 15 is 0 Å². The number of fused-ring (bicyclic) bond motifs is 2. The molecule has 2 radical (unpaired) electrons. The van der Waals surface area contributed by atoms with Gasteiger partial charge in [-0.3, -0.25) is 9.59 Å². The van der Waals surface area contributed by atoms with Gasteiger partial charge in [-0.2, -0.15) is 0 Å². The molecule has 1 aliphatic rings. The first-order valence-electron chi connectivity index (χ1n) is 5.34. The Balaban J connectivity index is 0.00000133. The van der Waals surface area contributed by atoms with Crippen molar-refractivity contribution in [1.82, 2.24) is 0 Å². The van der Waals surface area contributed by atoms with Gasteiger partial charge in [-0.05, 0) is 12.1 Å². The molecule has 0 amide bonds. The summed E-state index contributed by atoms with van der Waals surface area (Å²) in [5.41, 5.74) is 0.240. The fourth-order valence-corrected chi connectivity index (χ4v) is 2.19. The van der Waals surface area contributed by atoms with Gasteiger partial charge in [0.2, 0.25) is 0 Å². The third kappa shape index (κ3) is 1.86. The molecule has 0 saturated heterocycles. The van der Waals surface area contributed by atoms with Gasteiger partial charge in [-0.25, -0.2) is 0 Å². The molecule has 0 atom stereocenters. The Kier molecular flexibility index (Phi) is 3.44. The average Bonchev–Trinajstić information content (AvgIpc) is 2.38. The van der Waals surface area contributed by atoms with E-state index in [1.54, 1.807) is 12.1 Å². The summed E-state index contributed by atoms with van der Waals surface area (Å²) in [7, 11) is 0. The second-order valence-electron chi connectivity index (χ2n) is 4.06. The van der Waals surface area contributed by atoms with Crippen LogP contribution >= 0.6 is 0 Å². The van der Waals surface area contributed by atoms with Gasteiger partial charge in [0.1, 0.15) is 11.5 Å². The fourth-order valence-electron chi connectivity index (χ4n) is 2.19. The van der Waals surface area contributed by atoms with Gasteiger partial charge in [0.05, 0.1) is 11.1 Å². The summed E-state index contributed by atoms with van der Waals surface area (Å²) in [5.74, 6) is -1.49. The molecule has 0 aromatic heterocycles. The summed E-state index contributed by atoms with van der Waals surface area (Å²) in [5, 5.41) is 19.4. The Morgan fingerprint density at radius 3 is 1.42 bits per heavy atom. The van der Waals surface area contributed by atoms with E-state index in [1.165, 1.54) is 24.3 Å². The van der Waals surface area contributed by atoms with Crippen molar-refractivity contribution in [3.05, 3.63) is 58.7 Å². The van der Waals surface area contributed by atoms with Crippen LogP contribution in [0.1, 0.15) is 31.8 Å². The van der Waals surface area contributed by atoms with Crippen LogP contribution in [-0.4, -0.2) is 49.1 Å². The molecule has 0 fully saturated rings. The molecule has 2 aromatic carbocycles. The number of hydrogen-bond acceptors (Lipinski definition) is 4. The van der Waals surface area contributed by atoms with Crippen molar-refractivity contribution in [3.8, 4) is 11.5 Å². The van der Waals surface area contributed by atoms with Gasteiger partial charge in [0, 0.05) is 11.1 Å². The van der Waals surface area contributed by atoms with Crippen molar-refractivity contribution >= 4 is 38.9 Å². The number of phenolic OH excluding ortho intramolecular Hbond substituents is 2. The molecular weight excluding hydrogens is 439 g/mol. The van der Waals surface area contributed by atoms with Gasteiger partial charge in [-0.15, -0.1) is 0 Å². The Morgan fingerprint density at radius 2 is 1.05 bits per heavy atom. The summed E-state index contributed by atoms with van der Waals surface area (Å²) in [4.78, 5) is 24.4. The van der Waals surface area contributed by atoms with Crippen LogP contribution in [0.2, 0.25) is 0 Å². The minimum absolute atomic E-state index is 0. The maximum atomic E-state index is 12.2. The number of carbonyl (C=O) groups excluding carboxylic acids is 2. The molecule has 0 saturated carbocycles. The normalized spacial score (nSPS) is 12.4. The predicted octanol–water partition coefficient (Wildman–Crippen LogP) is 0.957. The van der Waals surface area contributed by atoms with Crippen LogP contribution in [0.5, 0.6) is 11.5 Å². The van der Waals surface area contributed by atoms with E-state index in [0.29, 0.717) is 0 Å². The topological polar surface area (TPSA) is 74.6 Å². The van der Waals surface area contributed by atoms with E-state index in [2.05, 4.69) is 0 Å². The molecule has 2 aromatic rings.